The number of allylic oxidation sites excluding steroid dienone is 3. The molecule has 0 rings (SSSR count). The second-order valence-electron chi connectivity index (χ2n) is 2.01. The average molecular weight is 152 g/mol. The highest BCUT2D eigenvalue weighted by atomic mass is 16.5. The molecule has 0 aliphatic carbocycles. The van der Waals surface area contributed by atoms with Gasteiger partial charge in [0, 0.05) is 0 Å². The molecule has 2 heteroatoms. The number of carbonyl (C=O) groups excluding carboxylic acids is 1. The van der Waals surface area contributed by atoms with Gasteiger partial charge in [-0.15, -0.1) is 0 Å². The molecule has 0 atom stereocenters. The van der Waals surface area contributed by atoms with E-state index in [0.29, 0.717) is 0 Å². The van der Waals surface area contributed by atoms with Gasteiger partial charge in [-0.3, -0.25) is 4.79 Å². The molecule has 0 aromatic rings. The van der Waals surface area contributed by atoms with Crippen LogP contribution in [0.25, 0.3) is 0 Å². The summed E-state index contributed by atoms with van der Waals surface area (Å²) in [5.41, 5.74) is 0.719. The van der Waals surface area contributed by atoms with Crippen LogP contribution >= 0.6 is 0 Å². The standard InChI is InChI=1S/C9H12O2/c1-4-5-6-8(2)7-9(10)11-3/h4-6H,1-2,7H2,3H3/b6-5-. The number of ether oxygens (including phenoxy) is 1. The molecule has 0 bridgehead atoms. The van der Waals surface area contributed by atoms with E-state index in [2.05, 4.69) is 17.9 Å². The van der Waals surface area contributed by atoms with Crippen LogP contribution in [0.4, 0.5) is 0 Å². The van der Waals surface area contributed by atoms with Crippen molar-refractivity contribution in [3.8, 4) is 0 Å². The van der Waals surface area contributed by atoms with Crippen LogP contribution in [0.2, 0.25) is 0 Å². The van der Waals surface area contributed by atoms with Crippen LogP contribution in [0.15, 0.2) is 37.0 Å². The Labute approximate surface area is 66.9 Å². The smallest absolute Gasteiger partial charge is 0.309 e. The van der Waals surface area contributed by atoms with Gasteiger partial charge in [0.2, 0.25) is 0 Å². The van der Waals surface area contributed by atoms with Crippen molar-refractivity contribution in [2.24, 2.45) is 0 Å². The summed E-state index contributed by atoms with van der Waals surface area (Å²) in [5.74, 6) is -0.274. The lowest BCUT2D eigenvalue weighted by atomic mass is 10.2. The SMILES string of the molecule is C=C/C=C\C(=C)CC(=O)OC. The summed E-state index contributed by atoms with van der Waals surface area (Å²) >= 11 is 0. The van der Waals surface area contributed by atoms with E-state index in [-0.39, 0.29) is 12.4 Å². The van der Waals surface area contributed by atoms with Crippen molar-refractivity contribution in [2.75, 3.05) is 7.11 Å². The lowest BCUT2D eigenvalue weighted by molar-refractivity contribution is -0.139. The molecule has 11 heavy (non-hydrogen) atoms. The van der Waals surface area contributed by atoms with Gasteiger partial charge in [0.25, 0.3) is 0 Å². The number of esters is 1. The van der Waals surface area contributed by atoms with E-state index in [1.165, 1.54) is 7.11 Å². The molecule has 0 heterocycles. The third kappa shape index (κ3) is 5.15. The van der Waals surface area contributed by atoms with Crippen LogP contribution in [-0.2, 0) is 9.53 Å². The largest absolute Gasteiger partial charge is 0.469 e. The molecule has 0 aromatic carbocycles. The Kier molecular flexibility index (Phi) is 4.82. The predicted octanol–water partition coefficient (Wildman–Crippen LogP) is 1.85. The topological polar surface area (TPSA) is 26.3 Å². The molecule has 0 radical (unpaired) electrons. The van der Waals surface area contributed by atoms with Gasteiger partial charge in [-0.2, -0.15) is 0 Å². The summed E-state index contributed by atoms with van der Waals surface area (Å²) in [6, 6.07) is 0. The van der Waals surface area contributed by atoms with Crippen molar-refractivity contribution in [3.63, 3.8) is 0 Å². The Bertz CT molecular complexity index is 190. The zero-order chi connectivity index (χ0) is 8.69. The van der Waals surface area contributed by atoms with Crippen LogP contribution < -0.4 is 0 Å². The van der Waals surface area contributed by atoms with Gasteiger partial charge in [-0.25, -0.2) is 0 Å². The maximum atomic E-state index is 10.6. The second kappa shape index (κ2) is 5.47. The fraction of sp³-hybridized carbons (Fsp3) is 0.222. The van der Waals surface area contributed by atoms with E-state index < -0.39 is 0 Å². The van der Waals surface area contributed by atoms with E-state index in [1.54, 1.807) is 18.2 Å². The molecular formula is C9H12O2. The molecule has 0 fully saturated rings. The number of hydrogen-bond donors (Lipinski definition) is 0. The van der Waals surface area contributed by atoms with Crippen LogP contribution in [0.1, 0.15) is 6.42 Å². The molecule has 0 N–H and O–H groups in total. The van der Waals surface area contributed by atoms with Crippen LogP contribution in [-0.4, -0.2) is 13.1 Å². The first-order valence-corrected chi connectivity index (χ1v) is 3.24. The van der Waals surface area contributed by atoms with Gasteiger partial charge >= 0.3 is 5.97 Å². The van der Waals surface area contributed by atoms with Gasteiger partial charge in [-0.1, -0.05) is 31.4 Å². The summed E-state index contributed by atoms with van der Waals surface area (Å²) in [6.45, 7) is 7.13. The van der Waals surface area contributed by atoms with Crippen LogP contribution in [0.3, 0.4) is 0 Å². The minimum Gasteiger partial charge on any atom is -0.469 e. The lowest BCUT2D eigenvalue weighted by Gasteiger charge is -1.96. The van der Waals surface area contributed by atoms with Gasteiger partial charge in [0.15, 0.2) is 0 Å². The minimum absolute atomic E-state index is 0.237. The van der Waals surface area contributed by atoms with Gasteiger partial charge in [-0.05, 0) is 5.57 Å². The zero-order valence-corrected chi connectivity index (χ0v) is 6.67. The highest BCUT2D eigenvalue weighted by molar-refractivity contribution is 5.72. The first kappa shape index (κ1) is 9.69. The maximum absolute atomic E-state index is 10.6. The van der Waals surface area contributed by atoms with Gasteiger partial charge < -0.3 is 4.74 Å². The average Bonchev–Trinajstić information content (AvgIpc) is 2.00. The Balaban J connectivity index is 3.78. The summed E-state index contributed by atoms with van der Waals surface area (Å²) in [4.78, 5) is 10.6. The number of hydrogen-bond acceptors (Lipinski definition) is 2. The van der Waals surface area contributed by atoms with Crippen molar-refractivity contribution in [3.05, 3.63) is 37.0 Å². The third-order valence-electron chi connectivity index (χ3n) is 1.07. The van der Waals surface area contributed by atoms with Crippen molar-refractivity contribution >= 4 is 5.97 Å². The highest BCUT2D eigenvalue weighted by Crippen LogP contribution is 2.00. The van der Waals surface area contributed by atoms with E-state index in [4.69, 9.17) is 0 Å². The molecule has 0 saturated heterocycles. The molecular weight excluding hydrogens is 140 g/mol. The molecule has 0 aromatic heterocycles. The van der Waals surface area contributed by atoms with Crippen LogP contribution in [0.5, 0.6) is 0 Å². The number of methoxy groups -OCH3 is 1. The molecule has 2 nitrogen and oxygen atoms in total. The molecule has 0 unspecified atom stereocenters. The fourth-order valence-corrected chi connectivity index (χ4v) is 0.521. The Hall–Kier alpha value is -1.31. The van der Waals surface area contributed by atoms with Gasteiger partial charge in [0.05, 0.1) is 13.5 Å². The van der Waals surface area contributed by atoms with Gasteiger partial charge in [0.1, 0.15) is 0 Å². The summed E-state index contributed by atoms with van der Waals surface area (Å²) in [7, 11) is 1.35. The number of carbonyl (C=O) groups is 1. The highest BCUT2D eigenvalue weighted by Gasteiger charge is 1.99. The first-order valence-electron chi connectivity index (χ1n) is 3.24. The Morgan fingerprint density at radius 3 is 2.73 bits per heavy atom. The normalized spacial score (nSPS) is 9.55. The van der Waals surface area contributed by atoms with E-state index in [1.807, 2.05) is 0 Å². The molecule has 0 saturated carbocycles. The molecule has 0 spiro atoms. The lowest BCUT2D eigenvalue weighted by Crippen LogP contribution is -1.99. The first-order chi connectivity index (χ1) is 5.20. The molecule has 0 aliphatic heterocycles. The van der Waals surface area contributed by atoms with E-state index >= 15 is 0 Å². The molecule has 0 amide bonds. The third-order valence-corrected chi connectivity index (χ3v) is 1.07. The summed E-state index contributed by atoms with van der Waals surface area (Å²) in [6.07, 6.45) is 5.32. The molecule has 0 aliphatic rings. The van der Waals surface area contributed by atoms with Crippen molar-refractivity contribution < 1.29 is 9.53 Å². The van der Waals surface area contributed by atoms with Crippen molar-refractivity contribution in [1.29, 1.82) is 0 Å². The van der Waals surface area contributed by atoms with Crippen molar-refractivity contribution in [1.82, 2.24) is 0 Å². The second-order valence-corrected chi connectivity index (χ2v) is 2.01. The summed E-state index contributed by atoms with van der Waals surface area (Å²) < 4.78 is 4.44. The minimum atomic E-state index is -0.274. The van der Waals surface area contributed by atoms with Crippen molar-refractivity contribution in [2.45, 2.75) is 6.42 Å². The Morgan fingerprint density at radius 1 is 1.64 bits per heavy atom. The predicted molar refractivity (Wildman–Crippen MR) is 45.1 cm³/mol. The summed E-state index contributed by atoms with van der Waals surface area (Å²) in [5, 5.41) is 0. The van der Waals surface area contributed by atoms with Crippen LogP contribution in [0, 0.1) is 0 Å². The maximum Gasteiger partial charge on any atom is 0.309 e. The zero-order valence-electron chi connectivity index (χ0n) is 6.67. The molecule has 60 valence electrons. The Morgan fingerprint density at radius 2 is 2.27 bits per heavy atom. The fourth-order valence-electron chi connectivity index (χ4n) is 0.521. The quantitative estimate of drug-likeness (QED) is 0.454. The monoisotopic (exact) mass is 152 g/mol. The number of rotatable bonds is 4. The van der Waals surface area contributed by atoms with E-state index in [0.717, 1.165) is 5.57 Å². The van der Waals surface area contributed by atoms with E-state index in [9.17, 15) is 4.79 Å².